The normalized spacial score (nSPS) is 16.7. The lowest BCUT2D eigenvalue weighted by molar-refractivity contribution is 0.111. The van der Waals surface area contributed by atoms with Crippen LogP contribution in [0.1, 0.15) is 11.6 Å². The molecule has 1 saturated heterocycles. The first kappa shape index (κ1) is 16.1. The van der Waals surface area contributed by atoms with E-state index in [0.717, 1.165) is 11.3 Å². The Morgan fingerprint density at radius 3 is 2.55 bits per heavy atom. The zero-order valence-electron chi connectivity index (χ0n) is 13.3. The van der Waals surface area contributed by atoms with Gasteiger partial charge in [0, 0.05) is 40.3 Å². The van der Waals surface area contributed by atoms with Gasteiger partial charge in [0.25, 0.3) is 0 Å². The van der Waals surface area contributed by atoms with Crippen LogP contribution in [0.15, 0.2) is 24.3 Å². The SMILES string of the molecule is COc1cccc(C(C#N)N2CCN(C(=O)N(C)C)CC2)c1. The molecular weight excluding hydrogens is 280 g/mol. The lowest BCUT2D eigenvalue weighted by Gasteiger charge is -2.37. The van der Waals surface area contributed by atoms with Crippen LogP contribution in [0.4, 0.5) is 4.79 Å². The molecule has 1 aliphatic rings. The maximum atomic E-state index is 11.9. The minimum atomic E-state index is -0.313. The number of hydrogen-bond acceptors (Lipinski definition) is 4. The van der Waals surface area contributed by atoms with Gasteiger partial charge in [-0.05, 0) is 17.7 Å². The zero-order chi connectivity index (χ0) is 16.1. The molecule has 0 aliphatic carbocycles. The van der Waals surface area contributed by atoms with Gasteiger partial charge in [-0.15, -0.1) is 0 Å². The summed E-state index contributed by atoms with van der Waals surface area (Å²) in [4.78, 5) is 17.5. The molecule has 1 fully saturated rings. The Hall–Kier alpha value is -2.26. The molecule has 1 unspecified atom stereocenters. The van der Waals surface area contributed by atoms with E-state index in [0.29, 0.717) is 26.2 Å². The number of benzene rings is 1. The second-order valence-electron chi connectivity index (χ2n) is 5.51. The molecule has 1 aromatic rings. The fourth-order valence-corrected chi connectivity index (χ4v) is 2.63. The molecule has 1 atom stereocenters. The van der Waals surface area contributed by atoms with Crippen molar-refractivity contribution in [3.8, 4) is 11.8 Å². The van der Waals surface area contributed by atoms with Crippen molar-refractivity contribution in [3.63, 3.8) is 0 Å². The van der Waals surface area contributed by atoms with Gasteiger partial charge in [0.1, 0.15) is 11.8 Å². The highest BCUT2D eigenvalue weighted by Gasteiger charge is 2.27. The number of carbonyl (C=O) groups excluding carboxylic acids is 1. The van der Waals surface area contributed by atoms with E-state index < -0.39 is 0 Å². The highest BCUT2D eigenvalue weighted by molar-refractivity contribution is 5.73. The molecule has 118 valence electrons. The van der Waals surface area contributed by atoms with Crippen molar-refractivity contribution in [1.82, 2.24) is 14.7 Å². The number of nitriles is 1. The van der Waals surface area contributed by atoms with Gasteiger partial charge in [0.05, 0.1) is 13.2 Å². The number of rotatable bonds is 3. The number of methoxy groups -OCH3 is 1. The molecule has 0 bridgehead atoms. The Bertz CT molecular complexity index is 560. The summed E-state index contributed by atoms with van der Waals surface area (Å²) in [6.07, 6.45) is 0. The zero-order valence-corrected chi connectivity index (χ0v) is 13.3. The third-order valence-electron chi connectivity index (χ3n) is 3.86. The topological polar surface area (TPSA) is 59.8 Å². The average Bonchev–Trinajstić information content (AvgIpc) is 2.55. The lowest BCUT2D eigenvalue weighted by Crippen LogP contribution is -2.52. The smallest absolute Gasteiger partial charge is 0.319 e. The Labute approximate surface area is 131 Å². The van der Waals surface area contributed by atoms with Crippen LogP contribution in [0.5, 0.6) is 5.75 Å². The number of amides is 2. The molecule has 2 rings (SSSR count). The van der Waals surface area contributed by atoms with Crippen LogP contribution in [-0.4, -0.2) is 68.1 Å². The van der Waals surface area contributed by atoms with Crippen molar-refractivity contribution >= 4 is 6.03 Å². The molecule has 1 aliphatic heterocycles. The molecule has 0 N–H and O–H groups in total. The van der Waals surface area contributed by atoms with E-state index in [2.05, 4.69) is 11.0 Å². The minimum Gasteiger partial charge on any atom is -0.497 e. The van der Waals surface area contributed by atoms with E-state index in [-0.39, 0.29) is 12.1 Å². The summed E-state index contributed by atoms with van der Waals surface area (Å²) in [5.74, 6) is 0.749. The van der Waals surface area contributed by atoms with Crippen molar-refractivity contribution in [3.05, 3.63) is 29.8 Å². The van der Waals surface area contributed by atoms with Crippen molar-refractivity contribution in [2.75, 3.05) is 47.4 Å². The van der Waals surface area contributed by atoms with E-state index >= 15 is 0 Å². The number of carbonyl (C=O) groups is 1. The predicted molar refractivity (Wildman–Crippen MR) is 83.6 cm³/mol. The van der Waals surface area contributed by atoms with Crippen LogP contribution >= 0.6 is 0 Å². The molecule has 0 aromatic heterocycles. The minimum absolute atomic E-state index is 0.0227. The lowest BCUT2D eigenvalue weighted by atomic mass is 10.1. The van der Waals surface area contributed by atoms with Gasteiger partial charge in [-0.25, -0.2) is 4.79 Å². The summed E-state index contributed by atoms with van der Waals surface area (Å²) in [6, 6.07) is 9.66. The number of ether oxygens (including phenoxy) is 1. The summed E-state index contributed by atoms with van der Waals surface area (Å²) in [6.45, 7) is 2.66. The third-order valence-corrected chi connectivity index (χ3v) is 3.86. The van der Waals surface area contributed by atoms with Crippen molar-refractivity contribution in [2.45, 2.75) is 6.04 Å². The maximum Gasteiger partial charge on any atom is 0.319 e. The van der Waals surface area contributed by atoms with Crippen LogP contribution in [0.25, 0.3) is 0 Å². The fourth-order valence-electron chi connectivity index (χ4n) is 2.63. The molecule has 22 heavy (non-hydrogen) atoms. The summed E-state index contributed by atoms with van der Waals surface area (Å²) < 4.78 is 5.23. The quantitative estimate of drug-likeness (QED) is 0.850. The number of hydrogen-bond donors (Lipinski definition) is 0. The largest absolute Gasteiger partial charge is 0.497 e. The Kier molecular flexibility index (Phi) is 5.23. The Morgan fingerprint density at radius 2 is 2.00 bits per heavy atom. The van der Waals surface area contributed by atoms with E-state index in [1.807, 2.05) is 29.2 Å². The first-order valence-electron chi connectivity index (χ1n) is 7.30. The highest BCUT2D eigenvalue weighted by atomic mass is 16.5. The number of nitrogens with zero attached hydrogens (tertiary/aromatic N) is 4. The van der Waals surface area contributed by atoms with Gasteiger partial charge >= 0.3 is 6.03 Å². The van der Waals surface area contributed by atoms with Gasteiger partial charge in [-0.1, -0.05) is 12.1 Å². The van der Waals surface area contributed by atoms with E-state index in [1.54, 1.807) is 26.1 Å². The third kappa shape index (κ3) is 3.49. The molecule has 1 heterocycles. The Balaban J connectivity index is 2.05. The van der Waals surface area contributed by atoms with Gasteiger partial charge in [0.15, 0.2) is 0 Å². The first-order chi connectivity index (χ1) is 10.6. The van der Waals surface area contributed by atoms with E-state index in [1.165, 1.54) is 0 Å². The van der Waals surface area contributed by atoms with Gasteiger partial charge in [-0.3, -0.25) is 4.90 Å². The summed E-state index contributed by atoms with van der Waals surface area (Å²) >= 11 is 0. The van der Waals surface area contributed by atoms with Crippen LogP contribution in [0.2, 0.25) is 0 Å². The average molecular weight is 302 g/mol. The highest BCUT2D eigenvalue weighted by Crippen LogP contribution is 2.25. The molecule has 0 saturated carbocycles. The van der Waals surface area contributed by atoms with Gasteiger partial charge in [0.2, 0.25) is 0 Å². The second-order valence-corrected chi connectivity index (χ2v) is 5.51. The maximum absolute atomic E-state index is 11.9. The van der Waals surface area contributed by atoms with E-state index in [9.17, 15) is 10.1 Å². The monoisotopic (exact) mass is 302 g/mol. The molecule has 0 spiro atoms. The standard InChI is InChI=1S/C16H22N4O2/c1-18(2)16(21)20-9-7-19(8-10-20)15(12-17)13-5-4-6-14(11-13)22-3/h4-6,11,15H,7-10H2,1-3H3. The molecule has 6 heteroatoms. The molecule has 2 amide bonds. The first-order valence-corrected chi connectivity index (χ1v) is 7.30. The number of urea groups is 1. The van der Waals surface area contributed by atoms with E-state index in [4.69, 9.17) is 4.74 Å². The van der Waals surface area contributed by atoms with Gasteiger partial charge in [-0.2, -0.15) is 5.26 Å². The van der Waals surface area contributed by atoms with Crippen molar-refractivity contribution in [1.29, 1.82) is 5.26 Å². The Morgan fingerprint density at radius 1 is 1.32 bits per heavy atom. The molecule has 0 radical (unpaired) electrons. The molecular formula is C16H22N4O2. The second kappa shape index (κ2) is 7.14. The van der Waals surface area contributed by atoms with Crippen LogP contribution in [-0.2, 0) is 0 Å². The van der Waals surface area contributed by atoms with Crippen molar-refractivity contribution in [2.24, 2.45) is 0 Å². The summed E-state index contributed by atoms with van der Waals surface area (Å²) in [5, 5.41) is 9.54. The predicted octanol–water partition coefficient (Wildman–Crippen LogP) is 1.56. The van der Waals surface area contributed by atoms with Crippen molar-refractivity contribution < 1.29 is 9.53 Å². The van der Waals surface area contributed by atoms with Crippen LogP contribution in [0.3, 0.4) is 0 Å². The van der Waals surface area contributed by atoms with Crippen LogP contribution < -0.4 is 4.74 Å². The number of piperazine rings is 1. The summed E-state index contributed by atoms with van der Waals surface area (Å²) in [7, 11) is 5.12. The summed E-state index contributed by atoms with van der Waals surface area (Å²) in [5.41, 5.74) is 0.925. The van der Waals surface area contributed by atoms with Crippen LogP contribution in [0, 0.1) is 11.3 Å². The van der Waals surface area contributed by atoms with Gasteiger partial charge < -0.3 is 14.5 Å². The molecule has 1 aromatic carbocycles. The molecule has 6 nitrogen and oxygen atoms in total. The fraction of sp³-hybridized carbons (Fsp3) is 0.500.